The lowest BCUT2D eigenvalue weighted by Crippen LogP contribution is -1.76. The molecule has 0 aliphatic carbocycles. The van der Waals surface area contributed by atoms with Crippen LogP contribution in [0.1, 0.15) is 23.9 Å². The second kappa shape index (κ2) is 3.79. The number of hydrogen-bond acceptors (Lipinski definition) is 4. The second-order valence-corrected chi connectivity index (χ2v) is 5.94. The fourth-order valence-corrected chi connectivity index (χ4v) is 3.68. The van der Waals surface area contributed by atoms with Crippen LogP contribution in [0.2, 0.25) is 0 Å². The summed E-state index contributed by atoms with van der Waals surface area (Å²) in [4.78, 5) is 9.20. The molecule has 0 saturated carbocycles. The molecule has 0 unspecified atom stereocenters. The Morgan fingerprint density at radius 2 is 1.38 bits per heavy atom. The molecule has 4 heteroatoms. The molecule has 2 heterocycles. The molecular weight excluding hydrogens is 236 g/mol. The van der Waals surface area contributed by atoms with E-state index in [0.717, 1.165) is 23.9 Å². The van der Waals surface area contributed by atoms with Gasteiger partial charge in [-0.15, -0.1) is 22.7 Å². The first-order valence-corrected chi connectivity index (χ1v) is 7.12. The summed E-state index contributed by atoms with van der Waals surface area (Å²) in [7, 11) is 0. The lowest BCUT2D eigenvalue weighted by molar-refractivity contribution is 1.10. The van der Waals surface area contributed by atoms with Crippen molar-refractivity contribution >= 4 is 43.1 Å². The van der Waals surface area contributed by atoms with Gasteiger partial charge in [-0.25, -0.2) is 9.97 Å². The monoisotopic (exact) mass is 248 g/mol. The molecule has 2 aromatic heterocycles. The molecule has 0 bridgehead atoms. The lowest BCUT2D eigenvalue weighted by Gasteiger charge is -1.86. The SMILES string of the molecule is CCc1nc2cc3nc(CC)sc3cc2s1. The number of aryl methyl sites for hydroxylation is 2. The average molecular weight is 248 g/mol. The Labute approximate surface area is 102 Å². The largest absolute Gasteiger partial charge is 0.241 e. The summed E-state index contributed by atoms with van der Waals surface area (Å²) >= 11 is 3.59. The highest BCUT2D eigenvalue weighted by atomic mass is 32.1. The molecule has 1 aromatic carbocycles. The van der Waals surface area contributed by atoms with Crippen molar-refractivity contribution in [3.63, 3.8) is 0 Å². The zero-order chi connectivity index (χ0) is 11.1. The van der Waals surface area contributed by atoms with E-state index in [0.29, 0.717) is 0 Å². The number of thiazole rings is 2. The Bertz CT molecular complexity index is 547. The third kappa shape index (κ3) is 1.53. The summed E-state index contributed by atoms with van der Waals surface area (Å²) in [6, 6.07) is 4.36. The Kier molecular flexibility index (Phi) is 2.41. The summed E-state index contributed by atoms with van der Waals surface area (Å²) in [5.41, 5.74) is 2.20. The third-order valence-electron chi connectivity index (χ3n) is 2.59. The highest BCUT2D eigenvalue weighted by Crippen LogP contribution is 2.30. The molecule has 0 aliphatic rings. The summed E-state index contributed by atoms with van der Waals surface area (Å²) in [6.07, 6.45) is 2.03. The van der Waals surface area contributed by atoms with Crippen LogP contribution in [0.3, 0.4) is 0 Å². The van der Waals surface area contributed by atoms with E-state index in [1.807, 2.05) is 0 Å². The van der Waals surface area contributed by atoms with Gasteiger partial charge in [0, 0.05) is 0 Å². The van der Waals surface area contributed by atoms with Crippen molar-refractivity contribution < 1.29 is 0 Å². The number of benzene rings is 1. The highest BCUT2D eigenvalue weighted by Gasteiger charge is 2.07. The van der Waals surface area contributed by atoms with Crippen molar-refractivity contribution in [1.29, 1.82) is 0 Å². The van der Waals surface area contributed by atoms with Gasteiger partial charge in [-0.3, -0.25) is 0 Å². The number of rotatable bonds is 2. The molecule has 0 fully saturated rings. The van der Waals surface area contributed by atoms with Crippen LogP contribution < -0.4 is 0 Å². The maximum Gasteiger partial charge on any atom is 0.0935 e. The molecule has 0 radical (unpaired) electrons. The van der Waals surface area contributed by atoms with Crippen LogP contribution in [-0.2, 0) is 12.8 Å². The first kappa shape index (κ1) is 10.2. The fourth-order valence-electron chi connectivity index (χ4n) is 1.75. The van der Waals surface area contributed by atoms with Crippen molar-refractivity contribution in [2.75, 3.05) is 0 Å². The molecule has 0 atom stereocenters. The normalized spacial score (nSPS) is 11.6. The van der Waals surface area contributed by atoms with E-state index in [9.17, 15) is 0 Å². The van der Waals surface area contributed by atoms with Crippen LogP contribution in [0.15, 0.2) is 12.1 Å². The lowest BCUT2D eigenvalue weighted by atomic mass is 10.3. The minimum atomic E-state index is 1.01. The predicted molar refractivity (Wildman–Crippen MR) is 71.6 cm³/mol. The van der Waals surface area contributed by atoms with E-state index < -0.39 is 0 Å². The molecule has 3 aromatic rings. The minimum Gasteiger partial charge on any atom is -0.241 e. The summed E-state index contributed by atoms with van der Waals surface area (Å²) in [5.74, 6) is 0. The second-order valence-electron chi connectivity index (χ2n) is 3.71. The quantitative estimate of drug-likeness (QED) is 0.684. The van der Waals surface area contributed by atoms with Gasteiger partial charge in [0.15, 0.2) is 0 Å². The molecule has 0 saturated heterocycles. The van der Waals surface area contributed by atoms with Crippen LogP contribution in [0.5, 0.6) is 0 Å². The van der Waals surface area contributed by atoms with Crippen LogP contribution in [-0.4, -0.2) is 9.97 Å². The molecule has 2 nitrogen and oxygen atoms in total. The zero-order valence-corrected chi connectivity index (χ0v) is 10.9. The van der Waals surface area contributed by atoms with Crippen molar-refractivity contribution in [3.05, 3.63) is 22.1 Å². The number of aromatic nitrogens is 2. The van der Waals surface area contributed by atoms with Crippen LogP contribution in [0, 0.1) is 0 Å². The van der Waals surface area contributed by atoms with Crippen molar-refractivity contribution in [2.45, 2.75) is 26.7 Å². The first-order chi connectivity index (χ1) is 7.80. The van der Waals surface area contributed by atoms with Gasteiger partial charge in [0.2, 0.25) is 0 Å². The maximum atomic E-state index is 4.60. The van der Waals surface area contributed by atoms with Gasteiger partial charge in [-0.2, -0.15) is 0 Å². The molecule has 82 valence electrons. The molecule has 0 amide bonds. The Morgan fingerprint density at radius 1 is 0.875 bits per heavy atom. The van der Waals surface area contributed by atoms with Crippen LogP contribution in [0.4, 0.5) is 0 Å². The van der Waals surface area contributed by atoms with E-state index >= 15 is 0 Å². The minimum absolute atomic E-state index is 1.01. The van der Waals surface area contributed by atoms with Crippen LogP contribution >= 0.6 is 22.7 Å². The van der Waals surface area contributed by atoms with Crippen molar-refractivity contribution in [3.8, 4) is 0 Å². The number of nitrogens with zero attached hydrogens (tertiary/aromatic N) is 2. The number of hydrogen-bond donors (Lipinski definition) is 0. The van der Waals surface area contributed by atoms with Gasteiger partial charge in [0.25, 0.3) is 0 Å². The standard InChI is InChI=1S/C12H12N2S2/c1-3-11-13-7-5-8-10(6-9(7)15-11)16-12(4-2)14-8/h5-6H,3-4H2,1-2H3. The molecular formula is C12H12N2S2. The number of fused-ring (bicyclic) bond motifs is 2. The smallest absolute Gasteiger partial charge is 0.0935 e. The predicted octanol–water partition coefficient (Wildman–Crippen LogP) is 4.03. The molecule has 3 rings (SSSR count). The van der Waals surface area contributed by atoms with E-state index in [1.54, 1.807) is 22.7 Å². The Morgan fingerprint density at radius 3 is 1.81 bits per heavy atom. The van der Waals surface area contributed by atoms with Gasteiger partial charge < -0.3 is 0 Å². The average Bonchev–Trinajstić information content (AvgIpc) is 2.86. The van der Waals surface area contributed by atoms with E-state index in [-0.39, 0.29) is 0 Å². The first-order valence-electron chi connectivity index (χ1n) is 5.49. The Balaban J connectivity index is 2.28. The zero-order valence-electron chi connectivity index (χ0n) is 9.28. The van der Waals surface area contributed by atoms with Gasteiger partial charge >= 0.3 is 0 Å². The molecule has 16 heavy (non-hydrogen) atoms. The van der Waals surface area contributed by atoms with Gasteiger partial charge in [0.1, 0.15) is 0 Å². The summed E-state index contributed by atoms with van der Waals surface area (Å²) in [5, 5.41) is 2.42. The highest BCUT2D eigenvalue weighted by molar-refractivity contribution is 7.20. The van der Waals surface area contributed by atoms with Gasteiger partial charge in [-0.05, 0) is 25.0 Å². The topological polar surface area (TPSA) is 25.8 Å². The summed E-state index contributed by atoms with van der Waals surface area (Å²) in [6.45, 7) is 4.29. The van der Waals surface area contributed by atoms with Crippen LogP contribution in [0.25, 0.3) is 20.4 Å². The van der Waals surface area contributed by atoms with E-state index in [1.165, 1.54) is 19.4 Å². The third-order valence-corrected chi connectivity index (χ3v) is 4.92. The van der Waals surface area contributed by atoms with E-state index in [2.05, 4.69) is 35.9 Å². The maximum absolute atomic E-state index is 4.60. The van der Waals surface area contributed by atoms with Gasteiger partial charge in [-0.1, -0.05) is 13.8 Å². The van der Waals surface area contributed by atoms with E-state index in [4.69, 9.17) is 0 Å². The molecule has 0 spiro atoms. The molecule has 0 aliphatic heterocycles. The fraction of sp³-hybridized carbons (Fsp3) is 0.333. The van der Waals surface area contributed by atoms with Crippen molar-refractivity contribution in [2.24, 2.45) is 0 Å². The Hall–Kier alpha value is -1.00. The van der Waals surface area contributed by atoms with Gasteiger partial charge in [0.05, 0.1) is 30.4 Å². The summed E-state index contributed by atoms with van der Waals surface area (Å²) < 4.78 is 2.58. The molecule has 0 N–H and O–H groups in total. The van der Waals surface area contributed by atoms with Crippen molar-refractivity contribution in [1.82, 2.24) is 9.97 Å².